The molecule has 4 aromatic carbocycles. The summed E-state index contributed by atoms with van der Waals surface area (Å²) in [4.78, 5) is 16.3. The van der Waals surface area contributed by atoms with Gasteiger partial charge in [-0.05, 0) is 109 Å². The van der Waals surface area contributed by atoms with Gasteiger partial charge in [0.15, 0.2) is 0 Å². The number of hydrogen-bond donors (Lipinski definition) is 0. The van der Waals surface area contributed by atoms with Crippen LogP contribution in [0.1, 0.15) is 116 Å². The Bertz CT molecular complexity index is 3140. The van der Waals surface area contributed by atoms with Gasteiger partial charge in [0.25, 0.3) is 5.70 Å². The molecule has 394 valence electrons. The molecule has 6 aromatic rings. The molecule has 0 atom stereocenters. The first-order chi connectivity index (χ1) is 38.2. The zero-order valence-electron chi connectivity index (χ0n) is 45.0. The van der Waals surface area contributed by atoms with Gasteiger partial charge >= 0.3 is 5.82 Å². The van der Waals surface area contributed by atoms with Crippen molar-refractivity contribution in [2.75, 3.05) is 36.0 Å². The van der Waals surface area contributed by atoms with Crippen molar-refractivity contribution >= 4 is 63.9 Å². The fraction of sp³-hybridized carbons (Fsp3) is 0.277. The van der Waals surface area contributed by atoms with Crippen molar-refractivity contribution in [3.63, 3.8) is 0 Å². The number of unbranched alkanes of at least 4 members (excludes halogenated alkanes) is 4. The number of anilines is 2. The number of nitriles is 4. The van der Waals surface area contributed by atoms with E-state index in [1.807, 2.05) is 54.6 Å². The van der Waals surface area contributed by atoms with Crippen LogP contribution in [-0.4, -0.2) is 26.2 Å². The second-order valence-corrected chi connectivity index (χ2v) is 19.6. The lowest BCUT2D eigenvalue weighted by Gasteiger charge is -2.25. The zero-order chi connectivity index (χ0) is 56.2. The summed E-state index contributed by atoms with van der Waals surface area (Å²) in [6, 6.07) is 48.2. The lowest BCUT2D eigenvalue weighted by Crippen LogP contribution is -2.25. The van der Waals surface area contributed by atoms with E-state index in [9.17, 15) is 5.26 Å². The number of benzene rings is 4. The van der Waals surface area contributed by atoms with E-state index >= 15 is 0 Å². The monoisotopic (exact) mass is 1070 g/mol. The predicted molar refractivity (Wildman–Crippen MR) is 321 cm³/mol. The maximum Gasteiger partial charge on any atom is 0.548 e. The maximum atomic E-state index is 9.46. The van der Waals surface area contributed by atoms with Gasteiger partial charge in [-0.25, -0.2) is 10.1 Å². The normalized spacial score (nSPS) is 10.5. The molecule has 0 saturated heterocycles. The first kappa shape index (κ1) is 61.4. The highest BCUT2D eigenvalue weighted by Crippen LogP contribution is 2.33. The van der Waals surface area contributed by atoms with Crippen LogP contribution in [-0.2, 0) is 13.2 Å². The van der Waals surface area contributed by atoms with Gasteiger partial charge in [0.2, 0.25) is 5.57 Å². The second-order valence-electron chi connectivity index (χ2n) is 17.5. The van der Waals surface area contributed by atoms with Gasteiger partial charge in [0, 0.05) is 75.4 Å². The van der Waals surface area contributed by atoms with Crippen molar-refractivity contribution in [1.82, 2.24) is 0 Å². The lowest BCUT2D eigenvalue weighted by molar-refractivity contribution is 0.305. The Hall–Kier alpha value is -9.13. The minimum absolute atomic E-state index is 0.114. The van der Waals surface area contributed by atoms with Crippen LogP contribution in [0, 0.1) is 65.0 Å². The maximum absolute atomic E-state index is 9.46. The fourth-order valence-corrected chi connectivity index (χ4v) is 9.03. The molecule has 11 nitrogen and oxygen atoms in total. The smallest absolute Gasteiger partial charge is 0.488 e. The highest BCUT2D eigenvalue weighted by Gasteiger charge is 2.15. The molecule has 2 heterocycles. The average molecular weight is 1070 g/mol. The van der Waals surface area contributed by atoms with Crippen LogP contribution in [0.5, 0.6) is 11.5 Å². The van der Waals surface area contributed by atoms with Crippen molar-refractivity contribution in [1.29, 1.82) is 21.0 Å². The molecule has 0 aliphatic heterocycles. The first-order valence-corrected chi connectivity index (χ1v) is 27.7. The predicted octanol–water partition coefficient (Wildman–Crippen LogP) is 17.6. The standard InChI is InChI=1S/C32H32N4OS.C27H33NOS.C6N4/c1-4-6-19-36(20-7-5-2)27-15-13-26(31(21-27)37-24-25-11-9-8-10-12-25)14-16-28-17-18-32(38-28)29(22-33)30(23-34)35-3;1-3-5-18-28(19-6-4-2)25-16-14-24(15-17-26-13-10-20-30-26)27(21-25)29-22-23-11-8-7-9-12-23;1-9-6(10-2)5(3-7)4-8/h8-18,21H,4-7,19-20,24H2,1-2H3;7-17,20-21H,3-6,18-19,22H2,1-2H3;/b16-14+,30-29-;17-15+;. The van der Waals surface area contributed by atoms with E-state index in [4.69, 9.17) is 45.0 Å². The molecule has 0 unspecified atom stereocenters. The summed E-state index contributed by atoms with van der Waals surface area (Å²) in [6.07, 6.45) is 17.8. The largest absolute Gasteiger partial charge is 0.548 e. The number of ether oxygens (including phenoxy) is 2. The number of thiophene rings is 2. The Balaban J connectivity index is 0.000000291. The van der Waals surface area contributed by atoms with E-state index in [1.54, 1.807) is 17.4 Å². The summed E-state index contributed by atoms with van der Waals surface area (Å²) < 4.78 is 12.7. The zero-order valence-corrected chi connectivity index (χ0v) is 46.6. The Morgan fingerprint density at radius 1 is 0.526 bits per heavy atom. The molecule has 13 heteroatoms. The molecular weight excluding hydrogens is 1000 g/mol. The van der Waals surface area contributed by atoms with Crippen molar-refractivity contribution < 1.29 is 9.47 Å². The third-order valence-electron chi connectivity index (χ3n) is 11.8. The molecule has 0 bridgehead atoms. The second kappa shape index (κ2) is 36.0. The van der Waals surface area contributed by atoms with Crippen LogP contribution in [0.3, 0.4) is 0 Å². The molecule has 78 heavy (non-hydrogen) atoms. The number of hydrogen-bond acceptors (Lipinski definition) is 10. The number of rotatable bonds is 25. The van der Waals surface area contributed by atoms with Crippen molar-refractivity contribution in [3.05, 3.63) is 215 Å². The van der Waals surface area contributed by atoms with E-state index in [2.05, 4.69) is 154 Å². The SMILES string of the molecule is CCCCN(CCCC)c1ccc(/C=C/c2cccs2)c(OCc2ccccc2)c1.[C-]#[N+]/C(C#N)=C(/C#N)c1ccc(/C=C/c2ccc(N(CCCC)CCCC)cc2OCc2ccccc2)s1.[C-]#[N+]C([N+]#[C-])=C(C#N)C#N. The summed E-state index contributed by atoms with van der Waals surface area (Å²) in [5, 5.41) is 37.0. The number of allylic oxidation sites excluding steroid dienone is 3. The Kier molecular flexibility index (Phi) is 28.3. The van der Waals surface area contributed by atoms with Crippen molar-refractivity contribution in [2.24, 2.45) is 0 Å². The highest BCUT2D eigenvalue weighted by molar-refractivity contribution is 7.14. The van der Waals surface area contributed by atoms with Crippen molar-refractivity contribution in [2.45, 2.75) is 92.3 Å². The summed E-state index contributed by atoms with van der Waals surface area (Å²) >= 11 is 3.12. The van der Waals surface area contributed by atoms with Gasteiger partial charge in [-0.2, -0.15) is 25.5 Å². The molecule has 0 fully saturated rings. The molecule has 0 spiro atoms. The van der Waals surface area contributed by atoms with Crippen LogP contribution in [0.2, 0.25) is 0 Å². The van der Waals surface area contributed by atoms with Gasteiger partial charge < -0.3 is 19.3 Å². The van der Waals surface area contributed by atoms with Crippen LogP contribution in [0.4, 0.5) is 11.4 Å². The molecule has 2 aromatic heterocycles. The minimum atomic E-state index is -0.468. The fourth-order valence-electron chi connectivity index (χ4n) is 7.50. The van der Waals surface area contributed by atoms with E-state index in [1.165, 1.54) is 65.3 Å². The van der Waals surface area contributed by atoms with Gasteiger partial charge in [-0.15, -0.1) is 22.7 Å². The molecule has 0 N–H and O–H groups in total. The van der Waals surface area contributed by atoms with Gasteiger partial charge in [-0.1, -0.05) is 120 Å². The van der Waals surface area contributed by atoms with Crippen LogP contribution in [0.15, 0.2) is 144 Å². The quantitative estimate of drug-likeness (QED) is 0.0409. The molecule has 0 amide bonds. The van der Waals surface area contributed by atoms with Gasteiger partial charge in [-0.3, -0.25) is 0 Å². The van der Waals surface area contributed by atoms with Crippen LogP contribution >= 0.6 is 22.7 Å². The third kappa shape index (κ3) is 20.5. The average Bonchev–Trinajstić information content (AvgIpc) is 4.20. The van der Waals surface area contributed by atoms with E-state index in [0.29, 0.717) is 18.1 Å². The molecular formula is C65H65N9O2S2. The highest BCUT2D eigenvalue weighted by atomic mass is 32.1. The molecule has 0 radical (unpaired) electrons. The molecule has 0 saturated carbocycles. The lowest BCUT2D eigenvalue weighted by atomic mass is 10.1. The molecule has 6 rings (SSSR count). The number of nitrogens with zero attached hydrogens (tertiary/aromatic N) is 9. The summed E-state index contributed by atoms with van der Waals surface area (Å²) in [6.45, 7) is 34.1. The topological polar surface area (TPSA) is 133 Å². The Labute approximate surface area is 470 Å². The Morgan fingerprint density at radius 3 is 1.37 bits per heavy atom. The third-order valence-corrected chi connectivity index (χ3v) is 13.7. The van der Waals surface area contributed by atoms with Gasteiger partial charge in [0.1, 0.15) is 50.0 Å². The van der Waals surface area contributed by atoms with E-state index in [-0.39, 0.29) is 11.3 Å². The minimum Gasteiger partial charge on any atom is -0.488 e. The molecule has 0 aliphatic rings. The Morgan fingerprint density at radius 2 is 1.00 bits per heavy atom. The van der Waals surface area contributed by atoms with Crippen LogP contribution in [0.25, 0.3) is 44.4 Å². The van der Waals surface area contributed by atoms with Crippen molar-refractivity contribution in [3.8, 4) is 35.8 Å². The summed E-state index contributed by atoms with van der Waals surface area (Å²) in [5.41, 5.74) is 6.29. The van der Waals surface area contributed by atoms with Crippen LogP contribution < -0.4 is 19.3 Å². The summed E-state index contributed by atoms with van der Waals surface area (Å²) in [5.74, 6) is 1.29. The first-order valence-electron chi connectivity index (χ1n) is 26.1. The van der Waals surface area contributed by atoms with E-state index in [0.717, 1.165) is 90.6 Å². The summed E-state index contributed by atoms with van der Waals surface area (Å²) in [7, 11) is 0. The van der Waals surface area contributed by atoms with Gasteiger partial charge in [0.05, 0.1) is 24.3 Å². The molecule has 0 aliphatic carbocycles. The van der Waals surface area contributed by atoms with E-state index < -0.39 is 11.4 Å².